The largest absolute Gasteiger partial charge is 0.340 e. The number of hydrogen-bond donors (Lipinski definition) is 3. The Morgan fingerprint density at radius 2 is 1.53 bits per heavy atom. The van der Waals surface area contributed by atoms with Crippen LogP contribution in [0.25, 0.3) is 10.9 Å². The van der Waals surface area contributed by atoms with Crippen molar-refractivity contribution >= 4 is 45.6 Å². The van der Waals surface area contributed by atoms with Crippen LogP contribution < -0.4 is 16.0 Å². The monoisotopic (exact) mass is 462 g/mol. The van der Waals surface area contributed by atoms with Crippen LogP contribution in [0.5, 0.6) is 0 Å². The maximum atomic E-state index is 12.4. The Balaban J connectivity index is 1.69. The van der Waals surface area contributed by atoms with Gasteiger partial charge in [0.1, 0.15) is 12.1 Å². The number of nitrogens with zero attached hydrogens (tertiary/aromatic N) is 3. The Bertz CT molecular complexity index is 1110. The second kappa shape index (κ2) is 12.1. The lowest BCUT2D eigenvalue weighted by atomic mass is 10.1. The van der Waals surface area contributed by atoms with Gasteiger partial charge < -0.3 is 16.0 Å². The van der Waals surface area contributed by atoms with Crippen molar-refractivity contribution in [1.82, 2.24) is 14.9 Å². The summed E-state index contributed by atoms with van der Waals surface area (Å²) in [6, 6.07) is 13.1. The van der Waals surface area contributed by atoms with Gasteiger partial charge in [0.15, 0.2) is 0 Å². The summed E-state index contributed by atoms with van der Waals surface area (Å²) in [6.45, 7) is 10.2. The molecule has 2 aromatic carbocycles. The molecule has 0 spiro atoms. The standard InChI is InChI=1S/C26H34N6O2/c1-5-13-32(14-6-2)16-24(33)29-19-7-9-20(10-8-19)30-25-22-15-21(31-26(34)18(3)4)11-12-23(22)27-17-28-25/h7-12,15,17-18H,5-6,13-14,16H2,1-4H3,(H,29,33)(H,31,34)(H,27,28,30). The first kappa shape index (κ1) is 25.1. The van der Waals surface area contributed by atoms with Gasteiger partial charge in [-0.05, 0) is 68.4 Å². The summed E-state index contributed by atoms with van der Waals surface area (Å²) in [7, 11) is 0. The predicted molar refractivity (Wildman–Crippen MR) is 138 cm³/mol. The molecule has 2 amide bonds. The quantitative estimate of drug-likeness (QED) is 0.370. The molecular weight excluding hydrogens is 428 g/mol. The maximum absolute atomic E-state index is 12.4. The van der Waals surface area contributed by atoms with Crippen LogP contribution in [0.2, 0.25) is 0 Å². The molecular formula is C26H34N6O2. The van der Waals surface area contributed by atoms with Gasteiger partial charge in [-0.2, -0.15) is 0 Å². The van der Waals surface area contributed by atoms with E-state index in [9.17, 15) is 9.59 Å². The number of anilines is 4. The topological polar surface area (TPSA) is 99.2 Å². The highest BCUT2D eigenvalue weighted by molar-refractivity contribution is 5.98. The van der Waals surface area contributed by atoms with E-state index in [2.05, 4.69) is 44.7 Å². The average Bonchev–Trinajstić information content (AvgIpc) is 2.81. The van der Waals surface area contributed by atoms with Gasteiger partial charge in [0.2, 0.25) is 11.8 Å². The number of nitrogens with one attached hydrogen (secondary N) is 3. The minimum Gasteiger partial charge on any atom is -0.340 e. The molecule has 34 heavy (non-hydrogen) atoms. The van der Waals surface area contributed by atoms with E-state index in [4.69, 9.17) is 0 Å². The zero-order valence-electron chi connectivity index (χ0n) is 20.4. The SMILES string of the molecule is CCCN(CCC)CC(=O)Nc1ccc(Nc2ncnc3ccc(NC(=O)C(C)C)cc23)cc1. The first-order valence-electron chi connectivity index (χ1n) is 11.8. The van der Waals surface area contributed by atoms with Crippen molar-refractivity contribution < 1.29 is 9.59 Å². The number of benzene rings is 2. The van der Waals surface area contributed by atoms with E-state index in [1.165, 1.54) is 6.33 Å². The summed E-state index contributed by atoms with van der Waals surface area (Å²) < 4.78 is 0. The van der Waals surface area contributed by atoms with Crippen molar-refractivity contribution in [2.75, 3.05) is 35.6 Å². The van der Waals surface area contributed by atoms with Crippen LogP contribution in [0.4, 0.5) is 22.9 Å². The summed E-state index contributed by atoms with van der Waals surface area (Å²) in [5, 5.41) is 9.99. The summed E-state index contributed by atoms with van der Waals surface area (Å²) in [5.41, 5.74) is 3.04. The fourth-order valence-electron chi connectivity index (χ4n) is 3.60. The zero-order valence-corrected chi connectivity index (χ0v) is 20.4. The Kier molecular flexibility index (Phi) is 8.93. The molecule has 1 heterocycles. The second-order valence-corrected chi connectivity index (χ2v) is 8.62. The zero-order chi connectivity index (χ0) is 24.5. The van der Waals surface area contributed by atoms with Gasteiger partial charge in [0, 0.05) is 28.4 Å². The van der Waals surface area contributed by atoms with Crippen LogP contribution in [-0.2, 0) is 9.59 Å². The van der Waals surface area contributed by atoms with Crippen LogP contribution in [-0.4, -0.2) is 46.3 Å². The highest BCUT2D eigenvalue weighted by Gasteiger charge is 2.11. The predicted octanol–water partition coefficient (Wildman–Crippen LogP) is 5.03. The van der Waals surface area contributed by atoms with E-state index < -0.39 is 0 Å². The normalized spacial score (nSPS) is 11.1. The van der Waals surface area contributed by atoms with E-state index in [1.807, 2.05) is 56.3 Å². The van der Waals surface area contributed by atoms with Gasteiger partial charge in [-0.15, -0.1) is 0 Å². The van der Waals surface area contributed by atoms with Crippen molar-refractivity contribution in [2.24, 2.45) is 5.92 Å². The van der Waals surface area contributed by atoms with Gasteiger partial charge >= 0.3 is 0 Å². The minimum absolute atomic E-state index is 0.0135. The number of fused-ring (bicyclic) bond motifs is 1. The maximum Gasteiger partial charge on any atom is 0.238 e. The third-order valence-electron chi connectivity index (χ3n) is 5.31. The van der Waals surface area contributed by atoms with E-state index in [0.717, 1.165) is 48.2 Å². The molecule has 1 aromatic heterocycles. The summed E-state index contributed by atoms with van der Waals surface area (Å²) in [4.78, 5) is 35.4. The Morgan fingerprint density at radius 1 is 0.882 bits per heavy atom. The molecule has 8 nitrogen and oxygen atoms in total. The van der Waals surface area contributed by atoms with Crippen LogP contribution in [0.1, 0.15) is 40.5 Å². The molecule has 0 aliphatic carbocycles. The molecule has 0 bridgehead atoms. The molecule has 0 saturated heterocycles. The van der Waals surface area contributed by atoms with E-state index in [1.54, 1.807) is 0 Å². The van der Waals surface area contributed by atoms with Crippen molar-refractivity contribution in [3.63, 3.8) is 0 Å². The summed E-state index contributed by atoms with van der Waals surface area (Å²) in [6.07, 6.45) is 3.55. The first-order valence-corrected chi connectivity index (χ1v) is 11.8. The van der Waals surface area contributed by atoms with Gasteiger partial charge in [0.25, 0.3) is 0 Å². The third kappa shape index (κ3) is 6.99. The van der Waals surface area contributed by atoms with Gasteiger partial charge in [-0.1, -0.05) is 27.7 Å². The minimum atomic E-state index is -0.110. The lowest BCUT2D eigenvalue weighted by Gasteiger charge is -2.20. The van der Waals surface area contributed by atoms with Crippen molar-refractivity contribution in [3.05, 3.63) is 48.8 Å². The lowest BCUT2D eigenvalue weighted by Crippen LogP contribution is -2.34. The van der Waals surface area contributed by atoms with Crippen LogP contribution in [0.15, 0.2) is 48.8 Å². The molecule has 3 N–H and O–H groups in total. The fraction of sp³-hybridized carbons (Fsp3) is 0.385. The Hall–Kier alpha value is -3.52. The summed E-state index contributed by atoms with van der Waals surface area (Å²) in [5.74, 6) is 0.467. The van der Waals surface area contributed by atoms with E-state index in [-0.39, 0.29) is 17.7 Å². The Labute approximate surface area is 201 Å². The van der Waals surface area contributed by atoms with Crippen LogP contribution in [0, 0.1) is 5.92 Å². The molecule has 3 rings (SSSR count). The van der Waals surface area contributed by atoms with Gasteiger partial charge in [0.05, 0.1) is 12.1 Å². The molecule has 3 aromatic rings. The second-order valence-electron chi connectivity index (χ2n) is 8.62. The molecule has 0 saturated carbocycles. The molecule has 0 fully saturated rings. The molecule has 0 radical (unpaired) electrons. The highest BCUT2D eigenvalue weighted by Crippen LogP contribution is 2.26. The van der Waals surface area contributed by atoms with Gasteiger partial charge in [-0.3, -0.25) is 14.5 Å². The third-order valence-corrected chi connectivity index (χ3v) is 5.31. The molecule has 0 unspecified atom stereocenters. The molecule has 180 valence electrons. The first-order chi connectivity index (χ1) is 16.4. The molecule has 8 heteroatoms. The summed E-state index contributed by atoms with van der Waals surface area (Å²) >= 11 is 0. The van der Waals surface area contributed by atoms with Crippen molar-refractivity contribution in [1.29, 1.82) is 0 Å². The van der Waals surface area contributed by atoms with Crippen LogP contribution >= 0.6 is 0 Å². The van der Waals surface area contributed by atoms with Crippen molar-refractivity contribution in [2.45, 2.75) is 40.5 Å². The number of carbonyl (C=O) groups is 2. The number of carbonyl (C=O) groups excluding carboxylic acids is 2. The average molecular weight is 463 g/mol. The van der Waals surface area contributed by atoms with E-state index in [0.29, 0.717) is 18.1 Å². The van der Waals surface area contributed by atoms with Crippen LogP contribution in [0.3, 0.4) is 0 Å². The highest BCUT2D eigenvalue weighted by atomic mass is 16.2. The fourth-order valence-corrected chi connectivity index (χ4v) is 3.60. The molecule has 0 aliphatic rings. The van der Waals surface area contributed by atoms with E-state index >= 15 is 0 Å². The smallest absolute Gasteiger partial charge is 0.238 e. The number of rotatable bonds is 11. The Morgan fingerprint density at radius 3 is 2.18 bits per heavy atom. The van der Waals surface area contributed by atoms with Crippen molar-refractivity contribution in [3.8, 4) is 0 Å². The number of hydrogen-bond acceptors (Lipinski definition) is 6. The molecule has 0 aliphatic heterocycles. The lowest BCUT2D eigenvalue weighted by molar-refractivity contribution is -0.119. The number of amides is 2. The van der Waals surface area contributed by atoms with Gasteiger partial charge in [-0.25, -0.2) is 9.97 Å². The number of aromatic nitrogens is 2. The molecule has 0 atom stereocenters.